The molecular weight excluding hydrogens is 332 g/mol. The first kappa shape index (κ1) is 15.5. The molecule has 0 fully saturated rings. The summed E-state index contributed by atoms with van der Waals surface area (Å²) in [4.78, 5) is 18.1. The van der Waals surface area contributed by atoms with Gasteiger partial charge < -0.3 is 9.64 Å². The first-order chi connectivity index (χ1) is 10.1. The maximum Gasteiger partial charge on any atom is 0.256 e. The second-order valence-corrected chi connectivity index (χ2v) is 5.33. The van der Waals surface area contributed by atoms with Crippen LogP contribution in [0.1, 0.15) is 22.8 Å². The molecule has 0 radical (unpaired) electrons. The predicted octanol–water partition coefficient (Wildman–Crippen LogP) is 3.52. The zero-order valence-corrected chi connectivity index (χ0v) is 13.6. The van der Waals surface area contributed by atoms with E-state index in [2.05, 4.69) is 20.9 Å². The van der Waals surface area contributed by atoms with Gasteiger partial charge in [0.1, 0.15) is 10.4 Å². The van der Waals surface area contributed by atoms with Crippen LogP contribution in [0.2, 0.25) is 0 Å². The number of pyridine rings is 1. The third-order valence-electron chi connectivity index (χ3n) is 2.99. The van der Waals surface area contributed by atoms with E-state index in [1.54, 1.807) is 30.3 Å². The van der Waals surface area contributed by atoms with E-state index in [9.17, 15) is 4.79 Å². The normalized spacial score (nSPS) is 10.2. The number of carbonyl (C=O) groups excluding carboxylic acids is 1. The summed E-state index contributed by atoms with van der Waals surface area (Å²) in [6, 6.07) is 11.3. The number of nitrogens with zero attached hydrogens (tertiary/aromatic N) is 2. The number of hydrogen-bond acceptors (Lipinski definition) is 3. The van der Waals surface area contributed by atoms with Crippen molar-refractivity contribution in [3.8, 4) is 5.75 Å². The fourth-order valence-electron chi connectivity index (χ4n) is 1.95. The fourth-order valence-corrected chi connectivity index (χ4v) is 2.37. The van der Waals surface area contributed by atoms with Crippen LogP contribution in [0.25, 0.3) is 0 Å². The van der Waals surface area contributed by atoms with E-state index < -0.39 is 0 Å². The number of amides is 1. The lowest BCUT2D eigenvalue weighted by Gasteiger charge is -2.18. The Hall–Kier alpha value is -1.88. The summed E-state index contributed by atoms with van der Waals surface area (Å²) >= 11 is 3.30. The van der Waals surface area contributed by atoms with Gasteiger partial charge in [0, 0.05) is 19.8 Å². The molecule has 110 valence electrons. The zero-order valence-electron chi connectivity index (χ0n) is 12.0. The van der Waals surface area contributed by atoms with Gasteiger partial charge in [-0.1, -0.05) is 12.1 Å². The van der Waals surface area contributed by atoms with E-state index >= 15 is 0 Å². The minimum absolute atomic E-state index is 0.0659. The molecule has 1 heterocycles. The highest BCUT2D eigenvalue weighted by Crippen LogP contribution is 2.17. The van der Waals surface area contributed by atoms with Crippen LogP contribution in [-0.4, -0.2) is 29.4 Å². The average Bonchev–Trinajstić information content (AvgIpc) is 2.49. The molecule has 0 saturated carbocycles. The lowest BCUT2D eigenvalue weighted by molar-refractivity contribution is 0.0783. The predicted molar refractivity (Wildman–Crippen MR) is 85.3 cm³/mol. The van der Waals surface area contributed by atoms with Gasteiger partial charge in [0.15, 0.2) is 0 Å². The van der Waals surface area contributed by atoms with Crippen molar-refractivity contribution in [2.75, 3.05) is 13.7 Å². The zero-order chi connectivity index (χ0) is 15.2. The van der Waals surface area contributed by atoms with Gasteiger partial charge in [0.05, 0.1) is 12.2 Å². The summed E-state index contributed by atoms with van der Waals surface area (Å²) in [5, 5.41) is 0. The first-order valence-electron chi connectivity index (χ1n) is 6.69. The molecule has 0 saturated heterocycles. The number of rotatable bonds is 5. The number of benzene rings is 1. The molecule has 0 aliphatic heterocycles. The Balaban J connectivity index is 2.05. The average molecular weight is 349 g/mol. The minimum atomic E-state index is -0.0659. The molecule has 1 aromatic heterocycles. The quantitative estimate of drug-likeness (QED) is 0.776. The molecule has 0 aliphatic carbocycles. The summed E-state index contributed by atoms with van der Waals surface area (Å²) in [6.45, 7) is 3.13. The number of carbonyl (C=O) groups is 1. The Labute approximate surface area is 132 Å². The van der Waals surface area contributed by atoms with Gasteiger partial charge in [-0.05, 0) is 52.7 Å². The molecule has 2 rings (SSSR count). The van der Waals surface area contributed by atoms with Gasteiger partial charge in [-0.15, -0.1) is 0 Å². The smallest absolute Gasteiger partial charge is 0.256 e. The molecule has 21 heavy (non-hydrogen) atoms. The van der Waals surface area contributed by atoms with Crippen molar-refractivity contribution in [3.05, 3.63) is 58.3 Å². The Morgan fingerprint density at radius 3 is 2.62 bits per heavy atom. The molecule has 1 amide bonds. The Kier molecular flexibility index (Phi) is 5.33. The molecular formula is C16H17BrN2O2. The van der Waals surface area contributed by atoms with E-state index in [0.717, 1.165) is 11.3 Å². The minimum Gasteiger partial charge on any atom is -0.494 e. The van der Waals surface area contributed by atoms with Crippen LogP contribution >= 0.6 is 15.9 Å². The summed E-state index contributed by atoms with van der Waals surface area (Å²) in [7, 11) is 1.78. The largest absolute Gasteiger partial charge is 0.494 e. The van der Waals surface area contributed by atoms with Crippen molar-refractivity contribution in [2.45, 2.75) is 13.5 Å². The number of hydrogen-bond donors (Lipinski definition) is 0. The number of ether oxygens (including phenoxy) is 1. The van der Waals surface area contributed by atoms with Crippen molar-refractivity contribution in [1.82, 2.24) is 9.88 Å². The van der Waals surface area contributed by atoms with Crippen LogP contribution in [0.5, 0.6) is 5.75 Å². The molecule has 0 aliphatic rings. The van der Waals surface area contributed by atoms with Crippen LogP contribution in [-0.2, 0) is 6.54 Å². The SMILES string of the molecule is CCOc1ccc(CN(C)C(=O)c2cccnc2Br)cc1. The summed E-state index contributed by atoms with van der Waals surface area (Å²) in [5.74, 6) is 0.772. The van der Waals surface area contributed by atoms with E-state index in [4.69, 9.17) is 4.74 Å². The highest BCUT2D eigenvalue weighted by atomic mass is 79.9. The molecule has 4 nitrogen and oxygen atoms in total. The maximum absolute atomic E-state index is 12.4. The van der Waals surface area contributed by atoms with E-state index in [-0.39, 0.29) is 5.91 Å². The van der Waals surface area contributed by atoms with Crippen LogP contribution in [0.3, 0.4) is 0 Å². The third-order valence-corrected chi connectivity index (χ3v) is 3.62. The first-order valence-corrected chi connectivity index (χ1v) is 7.49. The molecule has 5 heteroatoms. The molecule has 2 aromatic rings. The van der Waals surface area contributed by atoms with Crippen molar-refractivity contribution in [2.24, 2.45) is 0 Å². The lowest BCUT2D eigenvalue weighted by atomic mass is 10.2. The fraction of sp³-hybridized carbons (Fsp3) is 0.250. The monoisotopic (exact) mass is 348 g/mol. The Morgan fingerprint density at radius 2 is 2.00 bits per heavy atom. The number of halogens is 1. The Morgan fingerprint density at radius 1 is 1.29 bits per heavy atom. The van der Waals surface area contributed by atoms with Gasteiger partial charge in [-0.25, -0.2) is 4.98 Å². The second-order valence-electron chi connectivity index (χ2n) is 4.58. The van der Waals surface area contributed by atoms with Crippen LogP contribution < -0.4 is 4.74 Å². The topological polar surface area (TPSA) is 42.4 Å². The molecule has 1 aromatic carbocycles. The van der Waals surface area contributed by atoms with Gasteiger partial charge in [-0.3, -0.25) is 4.79 Å². The van der Waals surface area contributed by atoms with Crippen LogP contribution in [0.15, 0.2) is 47.2 Å². The summed E-state index contributed by atoms with van der Waals surface area (Å²) < 4.78 is 5.97. The van der Waals surface area contributed by atoms with Gasteiger partial charge in [0.25, 0.3) is 5.91 Å². The maximum atomic E-state index is 12.4. The molecule has 0 N–H and O–H groups in total. The van der Waals surface area contributed by atoms with Gasteiger partial charge >= 0.3 is 0 Å². The summed E-state index contributed by atoms with van der Waals surface area (Å²) in [5.41, 5.74) is 1.61. The van der Waals surface area contributed by atoms with Crippen molar-refractivity contribution < 1.29 is 9.53 Å². The molecule has 0 spiro atoms. The van der Waals surface area contributed by atoms with Gasteiger partial charge in [0.2, 0.25) is 0 Å². The molecule has 0 bridgehead atoms. The third kappa shape index (κ3) is 4.04. The van der Waals surface area contributed by atoms with Crippen molar-refractivity contribution in [1.29, 1.82) is 0 Å². The number of aromatic nitrogens is 1. The molecule has 0 atom stereocenters. The second kappa shape index (κ2) is 7.22. The highest BCUT2D eigenvalue weighted by molar-refractivity contribution is 9.10. The van der Waals surface area contributed by atoms with Crippen molar-refractivity contribution >= 4 is 21.8 Å². The van der Waals surface area contributed by atoms with Crippen molar-refractivity contribution in [3.63, 3.8) is 0 Å². The molecule has 0 unspecified atom stereocenters. The standard InChI is InChI=1S/C16H17BrN2O2/c1-3-21-13-8-6-12(7-9-13)11-19(2)16(20)14-5-4-10-18-15(14)17/h4-10H,3,11H2,1-2H3. The van der Waals surface area contributed by atoms with E-state index in [0.29, 0.717) is 23.3 Å². The van der Waals surface area contributed by atoms with Gasteiger partial charge in [-0.2, -0.15) is 0 Å². The van der Waals surface area contributed by atoms with Crippen LogP contribution in [0.4, 0.5) is 0 Å². The van der Waals surface area contributed by atoms with Crippen LogP contribution in [0, 0.1) is 0 Å². The van der Waals surface area contributed by atoms with E-state index in [1.807, 2.05) is 31.2 Å². The Bertz CT molecular complexity index is 614. The van der Waals surface area contributed by atoms with E-state index in [1.165, 1.54) is 0 Å². The summed E-state index contributed by atoms with van der Waals surface area (Å²) in [6.07, 6.45) is 1.65. The highest BCUT2D eigenvalue weighted by Gasteiger charge is 2.15. The lowest BCUT2D eigenvalue weighted by Crippen LogP contribution is -2.26.